The van der Waals surface area contributed by atoms with Crippen LogP contribution in [0.2, 0.25) is 0 Å². The highest BCUT2D eigenvalue weighted by Gasteiger charge is 2.21. The van der Waals surface area contributed by atoms with Crippen molar-refractivity contribution in [2.45, 2.75) is 19.9 Å². The third-order valence-corrected chi connectivity index (χ3v) is 3.99. The van der Waals surface area contributed by atoms with Crippen LogP contribution in [0.5, 0.6) is 5.75 Å². The van der Waals surface area contributed by atoms with E-state index in [4.69, 9.17) is 4.74 Å². The Kier molecular flexibility index (Phi) is 2.82. The highest BCUT2D eigenvalue weighted by Crippen LogP contribution is 2.31. The van der Waals surface area contributed by atoms with Gasteiger partial charge in [0.2, 0.25) is 0 Å². The zero-order chi connectivity index (χ0) is 13.6. The van der Waals surface area contributed by atoms with E-state index < -0.39 is 0 Å². The Morgan fingerprint density at radius 2 is 2.11 bits per heavy atom. The molecule has 100 valence electrons. The van der Waals surface area contributed by atoms with Gasteiger partial charge in [-0.05, 0) is 37.1 Å². The van der Waals surface area contributed by atoms with Gasteiger partial charge in [-0.2, -0.15) is 0 Å². The van der Waals surface area contributed by atoms with E-state index in [1.807, 2.05) is 13.1 Å². The van der Waals surface area contributed by atoms with Crippen LogP contribution in [0.15, 0.2) is 16.9 Å². The molecule has 0 radical (unpaired) electrons. The fourth-order valence-electron chi connectivity index (χ4n) is 3.02. The van der Waals surface area contributed by atoms with Crippen molar-refractivity contribution < 1.29 is 4.74 Å². The molecule has 3 rings (SSSR count). The number of hydrogen-bond acceptors (Lipinski definition) is 3. The van der Waals surface area contributed by atoms with E-state index in [9.17, 15) is 4.79 Å². The lowest BCUT2D eigenvalue weighted by atomic mass is 9.94. The van der Waals surface area contributed by atoms with Crippen LogP contribution in [0.4, 0.5) is 0 Å². The summed E-state index contributed by atoms with van der Waals surface area (Å²) in [4.78, 5) is 12.5. The molecule has 1 aliphatic rings. The standard InChI is InChI=1S/C15H18N2O2/c1-9-4-5-12(19-3)14-13(9)10-6-7-16-8-11(10)15(18)17(14)2/h4-5,16H,6-8H2,1-3H3. The van der Waals surface area contributed by atoms with Crippen LogP contribution in [0.1, 0.15) is 16.7 Å². The number of fused-ring (bicyclic) bond motifs is 3. The van der Waals surface area contributed by atoms with Crippen molar-refractivity contribution in [3.8, 4) is 5.75 Å². The van der Waals surface area contributed by atoms with Gasteiger partial charge in [-0.25, -0.2) is 0 Å². The predicted molar refractivity (Wildman–Crippen MR) is 75.9 cm³/mol. The molecule has 0 saturated heterocycles. The van der Waals surface area contributed by atoms with E-state index in [2.05, 4.69) is 18.3 Å². The first-order valence-corrected chi connectivity index (χ1v) is 6.54. The molecule has 0 unspecified atom stereocenters. The van der Waals surface area contributed by atoms with Crippen molar-refractivity contribution in [1.29, 1.82) is 0 Å². The number of pyridine rings is 1. The van der Waals surface area contributed by atoms with Gasteiger partial charge >= 0.3 is 0 Å². The van der Waals surface area contributed by atoms with Gasteiger partial charge in [0.15, 0.2) is 0 Å². The Morgan fingerprint density at radius 3 is 2.84 bits per heavy atom. The molecule has 1 aliphatic heterocycles. The van der Waals surface area contributed by atoms with Crippen molar-refractivity contribution in [2.24, 2.45) is 7.05 Å². The molecule has 4 nitrogen and oxygen atoms in total. The highest BCUT2D eigenvalue weighted by atomic mass is 16.5. The number of benzene rings is 1. The topological polar surface area (TPSA) is 43.3 Å². The third kappa shape index (κ3) is 1.67. The quantitative estimate of drug-likeness (QED) is 0.843. The lowest BCUT2D eigenvalue weighted by Gasteiger charge is -2.22. The molecular weight excluding hydrogens is 240 g/mol. The summed E-state index contributed by atoms with van der Waals surface area (Å²) in [7, 11) is 3.47. The average molecular weight is 258 g/mol. The van der Waals surface area contributed by atoms with Crippen molar-refractivity contribution in [1.82, 2.24) is 9.88 Å². The molecule has 19 heavy (non-hydrogen) atoms. The first-order chi connectivity index (χ1) is 9.15. The maximum atomic E-state index is 12.5. The zero-order valence-corrected chi connectivity index (χ0v) is 11.5. The van der Waals surface area contributed by atoms with Gasteiger partial charge in [0.05, 0.1) is 12.6 Å². The summed E-state index contributed by atoms with van der Waals surface area (Å²) in [5.74, 6) is 0.765. The molecule has 0 fully saturated rings. The molecule has 0 amide bonds. The summed E-state index contributed by atoms with van der Waals surface area (Å²) in [5.41, 5.74) is 4.28. The Balaban J connectivity index is 2.55. The highest BCUT2D eigenvalue weighted by molar-refractivity contribution is 5.91. The van der Waals surface area contributed by atoms with Crippen LogP contribution in [-0.4, -0.2) is 18.2 Å². The number of hydrogen-bond donors (Lipinski definition) is 1. The Bertz CT molecular complexity index is 716. The number of nitrogens with one attached hydrogen (secondary N) is 1. The van der Waals surface area contributed by atoms with Gasteiger partial charge < -0.3 is 14.6 Å². The molecule has 0 saturated carbocycles. The lowest BCUT2D eigenvalue weighted by molar-refractivity contribution is 0.417. The maximum Gasteiger partial charge on any atom is 0.255 e. The molecule has 1 N–H and O–H groups in total. The monoisotopic (exact) mass is 258 g/mol. The van der Waals surface area contributed by atoms with E-state index in [-0.39, 0.29) is 5.56 Å². The van der Waals surface area contributed by atoms with Gasteiger partial charge in [0.1, 0.15) is 5.75 Å². The third-order valence-electron chi connectivity index (χ3n) is 3.99. The smallest absolute Gasteiger partial charge is 0.255 e. The SMILES string of the molecule is COc1ccc(C)c2c3c(c(=O)n(C)c12)CNCC3. The molecule has 0 aliphatic carbocycles. The minimum absolute atomic E-state index is 0.0820. The fourth-order valence-corrected chi connectivity index (χ4v) is 3.02. The van der Waals surface area contributed by atoms with Gasteiger partial charge in [0.25, 0.3) is 5.56 Å². The van der Waals surface area contributed by atoms with Crippen LogP contribution < -0.4 is 15.6 Å². The van der Waals surface area contributed by atoms with E-state index in [1.165, 1.54) is 16.5 Å². The average Bonchev–Trinajstić information content (AvgIpc) is 2.44. The van der Waals surface area contributed by atoms with Gasteiger partial charge in [0, 0.05) is 24.5 Å². The lowest BCUT2D eigenvalue weighted by Crippen LogP contribution is -2.33. The summed E-state index contributed by atoms with van der Waals surface area (Å²) in [6, 6.07) is 4.00. The van der Waals surface area contributed by atoms with Crippen molar-refractivity contribution in [2.75, 3.05) is 13.7 Å². The van der Waals surface area contributed by atoms with Crippen LogP contribution in [0.25, 0.3) is 10.9 Å². The summed E-state index contributed by atoms with van der Waals surface area (Å²) in [5, 5.41) is 4.46. The van der Waals surface area contributed by atoms with Crippen LogP contribution in [-0.2, 0) is 20.0 Å². The summed E-state index contributed by atoms with van der Waals surface area (Å²) < 4.78 is 7.15. The fraction of sp³-hybridized carbons (Fsp3) is 0.400. The van der Waals surface area contributed by atoms with Gasteiger partial charge in [-0.15, -0.1) is 0 Å². The molecule has 1 aromatic heterocycles. The number of aromatic nitrogens is 1. The molecule has 0 atom stereocenters. The van der Waals surface area contributed by atoms with E-state index in [1.54, 1.807) is 11.7 Å². The number of ether oxygens (including phenoxy) is 1. The van der Waals surface area contributed by atoms with Gasteiger partial charge in [-0.3, -0.25) is 4.79 Å². The van der Waals surface area contributed by atoms with Gasteiger partial charge in [-0.1, -0.05) is 6.07 Å². The second kappa shape index (κ2) is 4.38. The molecule has 0 spiro atoms. The molecule has 1 aromatic carbocycles. The molecule has 0 bridgehead atoms. The Morgan fingerprint density at radius 1 is 1.32 bits per heavy atom. The Labute approximate surface area is 112 Å². The van der Waals surface area contributed by atoms with E-state index in [0.29, 0.717) is 6.54 Å². The first kappa shape index (κ1) is 12.2. The summed E-state index contributed by atoms with van der Waals surface area (Å²) >= 11 is 0. The van der Waals surface area contributed by atoms with Crippen LogP contribution in [0.3, 0.4) is 0 Å². The number of nitrogens with zero attached hydrogens (tertiary/aromatic N) is 1. The number of aryl methyl sites for hydroxylation is 2. The summed E-state index contributed by atoms with van der Waals surface area (Å²) in [6.45, 7) is 3.68. The zero-order valence-electron chi connectivity index (χ0n) is 11.5. The Hall–Kier alpha value is -1.81. The molecular formula is C15H18N2O2. The second-order valence-corrected chi connectivity index (χ2v) is 5.06. The van der Waals surface area contributed by atoms with Crippen molar-refractivity contribution in [3.63, 3.8) is 0 Å². The van der Waals surface area contributed by atoms with Crippen LogP contribution in [0, 0.1) is 6.92 Å². The second-order valence-electron chi connectivity index (χ2n) is 5.06. The normalized spacial score (nSPS) is 14.5. The minimum atomic E-state index is 0.0820. The predicted octanol–water partition coefficient (Wildman–Crippen LogP) is 1.50. The largest absolute Gasteiger partial charge is 0.495 e. The van der Waals surface area contributed by atoms with Crippen molar-refractivity contribution in [3.05, 3.63) is 39.2 Å². The number of methoxy groups -OCH3 is 1. The van der Waals surface area contributed by atoms with E-state index in [0.717, 1.165) is 29.8 Å². The molecule has 2 heterocycles. The first-order valence-electron chi connectivity index (χ1n) is 6.54. The molecule has 4 heteroatoms. The summed E-state index contributed by atoms with van der Waals surface area (Å²) in [6.07, 6.45) is 0.899. The van der Waals surface area contributed by atoms with Crippen molar-refractivity contribution >= 4 is 10.9 Å². The number of rotatable bonds is 1. The maximum absolute atomic E-state index is 12.5. The molecule has 2 aromatic rings. The minimum Gasteiger partial charge on any atom is -0.495 e. The van der Waals surface area contributed by atoms with Crippen LogP contribution >= 0.6 is 0 Å². The van der Waals surface area contributed by atoms with E-state index >= 15 is 0 Å².